The molecule has 16 heavy (non-hydrogen) atoms. The lowest BCUT2D eigenvalue weighted by atomic mass is 10.2. The first kappa shape index (κ1) is 12.8. The van der Waals surface area contributed by atoms with Crippen molar-refractivity contribution in [1.82, 2.24) is 5.32 Å². The average Bonchev–Trinajstić information content (AvgIpc) is 2.29. The Morgan fingerprint density at radius 2 is 2.00 bits per heavy atom. The fraction of sp³-hybridized carbons (Fsp3) is 0.500. The predicted octanol–water partition coefficient (Wildman–Crippen LogP) is 2.25. The van der Waals surface area contributed by atoms with Crippen molar-refractivity contribution in [3.05, 3.63) is 24.0 Å². The summed E-state index contributed by atoms with van der Waals surface area (Å²) in [6.07, 6.45) is 2.18. The van der Waals surface area contributed by atoms with Gasteiger partial charge in [-0.1, -0.05) is 0 Å². The maximum Gasteiger partial charge on any atom is 0.167 e. The summed E-state index contributed by atoms with van der Waals surface area (Å²) in [6.45, 7) is 1.87. The van der Waals surface area contributed by atoms with Gasteiger partial charge < -0.3 is 15.4 Å². The first-order chi connectivity index (χ1) is 7.77. The summed E-state index contributed by atoms with van der Waals surface area (Å²) >= 11 is 0. The normalized spacial score (nSPS) is 10.2. The highest BCUT2D eigenvalue weighted by Crippen LogP contribution is 2.20. The molecule has 0 heterocycles. The molecule has 0 fully saturated rings. The average molecular weight is 226 g/mol. The molecule has 0 amide bonds. The van der Waals surface area contributed by atoms with Gasteiger partial charge in [0.15, 0.2) is 11.6 Å². The van der Waals surface area contributed by atoms with Crippen LogP contribution in [0.2, 0.25) is 0 Å². The summed E-state index contributed by atoms with van der Waals surface area (Å²) < 4.78 is 18.2. The van der Waals surface area contributed by atoms with Crippen LogP contribution in [0.25, 0.3) is 0 Å². The van der Waals surface area contributed by atoms with Crippen LogP contribution < -0.4 is 15.4 Å². The molecule has 1 aromatic carbocycles. The van der Waals surface area contributed by atoms with Crippen LogP contribution in [0.15, 0.2) is 18.2 Å². The van der Waals surface area contributed by atoms with Gasteiger partial charge in [0.05, 0.1) is 7.11 Å². The van der Waals surface area contributed by atoms with Gasteiger partial charge in [-0.3, -0.25) is 0 Å². The lowest BCUT2D eigenvalue weighted by Crippen LogP contribution is -2.10. The van der Waals surface area contributed by atoms with E-state index in [-0.39, 0.29) is 11.6 Å². The zero-order valence-electron chi connectivity index (χ0n) is 9.85. The Bertz CT molecular complexity index is 318. The molecule has 0 spiro atoms. The van der Waals surface area contributed by atoms with Gasteiger partial charge in [0.2, 0.25) is 0 Å². The second-order valence-corrected chi connectivity index (χ2v) is 3.59. The zero-order valence-corrected chi connectivity index (χ0v) is 9.85. The third-order valence-electron chi connectivity index (χ3n) is 2.33. The maximum absolute atomic E-state index is 13.3. The van der Waals surface area contributed by atoms with E-state index in [1.807, 2.05) is 13.1 Å². The van der Waals surface area contributed by atoms with Crippen LogP contribution in [0.3, 0.4) is 0 Å². The summed E-state index contributed by atoms with van der Waals surface area (Å²) in [4.78, 5) is 0. The molecule has 0 saturated carbocycles. The molecule has 0 saturated heterocycles. The Labute approximate surface area is 96.0 Å². The van der Waals surface area contributed by atoms with E-state index in [1.165, 1.54) is 13.2 Å². The van der Waals surface area contributed by atoms with Crippen molar-refractivity contribution >= 4 is 5.69 Å². The summed E-state index contributed by atoms with van der Waals surface area (Å²) in [5.74, 6) is -0.0524. The number of benzene rings is 1. The van der Waals surface area contributed by atoms with Crippen LogP contribution in [-0.2, 0) is 0 Å². The van der Waals surface area contributed by atoms with Crippen LogP contribution in [0.5, 0.6) is 5.75 Å². The summed E-state index contributed by atoms with van der Waals surface area (Å²) in [6, 6.07) is 4.90. The highest BCUT2D eigenvalue weighted by molar-refractivity contribution is 5.47. The van der Waals surface area contributed by atoms with Gasteiger partial charge in [0.1, 0.15) is 0 Å². The SMILES string of the molecule is CNCCCCNc1ccc(OC)c(F)c1. The number of unbranched alkanes of at least 4 members (excludes halogenated alkanes) is 1. The zero-order chi connectivity index (χ0) is 11.8. The molecule has 3 nitrogen and oxygen atoms in total. The van der Waals surface area contributed by atoms with Gasteiger partial charge >= 0.3 is 0 Å². The highest BCUT2D eigenvalue weighted by atomic mass is 19.1. The van der Waals surface area contributed by atoms with E-state index >= 15 is 0 Å². The molecule has 0 aliphatic carbocycles. The summed E-state index contributed by atoms with van der Waals surface area (Å²) in [5.41, 5.74) is 0.794. The molecule has 0 aromatic heterocycles. The van der Waals surface area contributed by atoms with Gasteiger partial charge in [-0.15, -0.1) is 0 Å². The van der Waals surface area contributed by atoms with Crippen molar-refractivity contribution in [3.63, 3.8) is 0 Å². The minimum absolute atomic E-state index is 0.278. The molecular weight excluding hydrogens is 207 g/mol. The van der Waals surface area contributed by atoms with Crippen molar-refractivity contribution in [2.45, 2.75) is 12.8 Å². The Hall–Kier alpha value is -1.29. The fourth-order valence-electron chi connectivity index (χ4n) is 1.44. The quantitative estimate of drug-likeness (QED) is 0.700. The molecule has 0 radical (unpaired) electrons. The third kappa shape index (κ3) is 4.06. The molecule has 0 aliphatic heterocycles. The van der Waals surface area contributed by atoms with E-state index < -0.39 is 0 Å². The largest absolute Gasteiger partial charge is 0.494 e. The van der Waals surface area contributed by atoms with Crippen LogP contribution >= 0.6 is 0 Å². The molecule has 0 bridgehead atoms. The molecule has 0 atom stereocenters. The van der Waals surface area contributed by atoms with E-state index in [2.05, 4.69) is 10.6 Å². The third-order valence-corrected chi connectivity index (χ3v) is 2.33. The molecule has 1 rings (SSSR count). The van der Waals surface area contributed by atoms with E-state index in [9.17, 15) is 4.39 Å². The van der Waals surface area contributed by atoms with Crippen LogP contribution in [0, 0.1) is 5.82 Å². The van der Waals surface area contributed by atoms with Crippen LogP contribution in [0.1, 0.15) is 12.8 Å². The summed E-state index contributed by atoms with van der Waals surface area (Å²) in [5, 5.41) is 6.26. The minimum atomic E-state index is -0.331. The van der Waals surface area contributed by atoms with E-state index in [0.29, 0.717) is 0 Å². The molecule has 90 valence electrons. The smallest absolute Gasteiger partial charge is 0.167 e. The second-order valence-electron chi connectivity index (χ2n) is 3.59. The van der Waals surface area contributed by atoms with E-state index in [4.69, 9.17) is 4.74 Å². The maximum atomic E-state index is 13.3. The Balaban J connectivity index is 2.34. The minimum Gasteiger partial charge on any atom is -0.494 e. The number of halogens is 1. The Morgan fingerprint density at radius 1 is 1.25 bits per heavy atom. The number of nitrogens with one attached hydrogen (secondary N) is 2. The number of anilines is 1. The van der Waals surface area contributed by atoms with Crippen molar-refractivity contribution in [2.75, 3.05) is 32.6 Å². The molecule has 0 unspecified atom stereocenters. The van der Waals surface area contributed by atoms with E-state index in [1.54, 1.807) is 6.07 Å². The monoisotopic (exact) mass is 226 g/mol. The van der Waals surface area contributed by atoms with Gasteiger partial charge in [-0.05, 0) is 38.6 Å². The summed E-state index contributed by atoms with van der Waals surface area (Å²) in [7, 11) is 3.40. The second kappa shape index (κ2) is 7.06. The van der Waals surface area contributed by atoms with Gasteiger partial charge in [-0.25, -0.2) is 4.39 Å². The number of hydrogen-bond donors (Lipinski definition) is 2. The van der Waals surface area contributed by atoms with Gasteiger partial charge in [-0.2, -0.15) is 0 Å². The predicted molar refractivity (Wildman–Crippen MR) is 64.6 cm³/mol. The standard InChI is InChI=1S/C12H19FN2O/c1-14-7-3-4-8-15-10-5-6-12(16-2)11(13)9-10/h5-6,9,14-15H,3-4,7-8H2,1-2H3. The molecule has 1 aromatic rings. The first-order valence-corrected chi connectivity index (χ1v) is 5.50. The number of rotatable bonds is 7. The first-order valence-electron chi connectivity index (χ1n) is 5.50. The fourth-order valence-corrected chi connectivity index (χ4v) is 1.44. The molecular formula is C12H19FN2O. The molecule has 2 N–H and O–H groups in total. The number of ether oxygens (including phenoxy) is 1. The molecule has 0 aliphatic rings. The topological polar surface area (TPSA) is 33.3 Å². The molecule has 4 heteroatoms. The van der Waals surface area contributed by atoms with Crippen molar-refractivity contribution in [2.24, 2.45) is 0 Å². The van der Waals surface area contributed by atoms with Crippen molar-refractivity contribution in [1.29, 1.82) is 0 Å². The van der Waals surface area contributed by atoms with E-state index in [0.717, 1.165) is 31.6 Å². The van der Waals surface area contributed by atoms with Crippen molar-refractivity contribution < 1.29 is 9.13 Å². The van der Waals surface area contributed by atoms with Crippen LogP contribution in [0.4, 0.5) is 10.1 Å². The Kier molecular flexibility index (Phi) is 5.64. The van der Waals surface area contributed by atoms with Crippen LogP contribution in [-0.4, -0.2) is 27.2 Å². The van der Waals surface area contributed by atoms with Crippen molar-refractivity contribution in [3.8, 4) is 5.75 Å². The Morgan fingerprint density at radius 3 is 2.62 bits per heavy atom. The van der Waals surface area contributed by atoms with Gasteiger partial charge in [0, 0.05) is 18.3 Å². The number of methoxy groups -OCH3 is 1. The van der Waals surface area contributed by atoms with Gasteiger partial charge in [0.25, 0.3) is 0 Å². The lowest BCUT2D eigenvalue weighted by molar-refractivity contribution is 0.386. The lowest BCUT2D eigenvalue weighted by Gasteiger charge is -2.08. The number of hydrogen-bond acceptors (Lipinski definition) is 3. The highest BCUT2D eigenvalue weighted by Gasteiger charge is 2.02.